The Bertz CT molecular complexity index is 1080. The molecule has 6 heteroatoms. The Kier molecular flexibility index (Phi) is 8.16. The van der Waals surface area contributed by atoms with E-state index in [1.165, 1.54) is 19.3 Å². The van der Waals surface area contributed by atoms with E-state index in [0.29, 0.717) is 10.6 Å². The van der Waals surface area contributed by atoms with Gasteiger partial charge in [0.25, 0.3) is 0 Å². The number of fused-ring (bicyclic) bond motifs is 1. The molecule has 0 radical (unpaired) electrons. The summed E-state index contributed by atoms with van der Waals surface area (Å²) in [7, 11) is 0. The first-order chi connectivity index (χ1) is 16.1. The third-order valence-corrected chi connectivity index (χ3v) is 6.81. The highest BCUT2D eigenvalue weighted by atomic mass is 35.5. The molecular weight excluding hydrogens is 434 g/mol. The monoisotopic (exact) mass is 465 g/mol. The average molecular weight is 466 g/mol. The third kappa shape index (κ3) is 6.23. The van der Waals surface area contributed by atoms with Gasteiger partial charge >= 0.3 is 0 Å². The lowest BCUT2D eigenvalue weighted by atomic mass is 9.89. The highest BCUT2D eigenvalue weighted by Gasteiger charge is 2.20. The molecule has 1 fully saturated rings. The number of rotatable bonds is 10. The summed E-state index contributed by atoms with van der Waals surface area (Å²) in [5.74, 6) is 1.43. The number of nitrogens with zero attached hydrogens (tertiary/aromatic N) is 2. The standard InChI is InChI=1S/C27H32ClN3O2/c28-22-16-14-20(15-17-22)25(32)19-31-24-12-7-6-11-23(24)30-26(31)13-5-2-8-18-29-27(33)21-9-3-1-4-10-21/h6-7,11-12,14-17,21H,1-5,8-10,13,18-19H2,(H,29,33). The number of amides is 1. The van der Waals surface area contributed by atoms with Gasteiger partial charge in [-0.25, -0.2) is 4.98 Å². The van der Waals surface area contributed by atoms with Crippen LogP contribution in [0.1, 0.15) is 67.5 Å². The van der Waals surface area contributed by atoms with Crippen molar-refractivity contribution in [1.82, 2.24) is 14.9 Å². The smallest absolute Gasteiger partial charge is 0.223 e. The van der Waals surface area contributed by atoms with Crippen molar-refractivity contribution in [3.05, 3.63) is 64.9 Å². The number of nitrogens with one attached hydrogen (secondary N) is 1. The first-order valence-electron chi connectivity index (χ1n) is 12.1. The summed E-state index contributed by atoms with van der Waals surface area (Å²) >= 11 is 5.96. The van der Waals surface area contributed by atoms with Gasteiger partial charge in [0.1, 0.15) is 5.82 Å². The summed E-state index contributed by atoms with van der Waals surface area (Å²) < 4.78 is 2.04. The van der Waals surface area contributed by atoms with E-state index >= 15 is 0 Å². The van der Waals surface area contributed by atoms with Crippen LogP contribution in [0.25, 0.3) is 11.0 Å². The first kappa shape index (κ1) is 23.5. The fourth-order valence-corrected chi connectivity index (χ4v) is 4.79. The van der Waals surface area contributed by atoms with Gasteiger partial charge in [0.2, 0.25) is 5.91 Å². The molecule has 1 saturated carbocycles. The number of benzene rings is 2. The molecule has 174 valence electrons. The van der Waals surface area contributed by atoms with Gasteiger partial charge in [-0.05, 0) is 62.1 Å². The normalized spacial score (nSPS) is 14.5. The van der Waals surface area contributed by atoms with Crippen molar-refractivity contribution in [2.45, 2.75) is 64.3 Å². The van der Waals surface area contributed by atoms with Gasteiger partial charge in [-0.15, -0.1) is 0 Å². The quantitative estimate of drug-likeness (QED) is 0.296. The van der Waals surface area contributed by atoms with E-state index < -0.39 is 0 Å². The Morgan fingerprint density at radius 3 is 2.52 bits per heavy atom. The van der Waals surface area contributed by atoms with E-state index in [-0.39, 0.29) is 24.2 Å². The van der Waals surface area contributed by atoms with Crippen molar-refractivity contribution in [3.63, 3.8) is 0 Å². The van der Waals surface area contributed by atoms with Crippen LogP contribution in [-0.4, -0.2) is 27.8 Å². The van der Waals surface area contributed by atoms with Crippen LogP contribution < -0.4 is 5.32 Å². The topological polar surface area (TPSA) is 64.0 Å². The van der Waals surface area contributed by atoms with Crippen LogP contribution >= 0.6 is 11.6 Å². The Morgan fingerprint density at radius 1 is 0.970 bits per heavy atom. The van der Waals surface area contributed by atoms with Crippen molar-refractivity contribution < 1.29 is 9.59 Å². The van der Waals surface area contributed by atoms with E-state index in [0.717, 1.165) is 61.9 Å². The minimum absolute atomic E-state index is 0.0431. The number of para-hydroxylation sites is 2. The van der Waals surface area contributed by atoms with Gasteiger partial charge in [-0.3, -0.25) is 9.59 Å². The lowest BCUT2D eigenvalue weighted by Gasteiger charge is -2.20. The maximum atomic E-state index is 12.9. The van der Waals surface area contributed by atoms with E-state index in [2.05, 4.69) is 5.32 Å². The van der Waals surface area contributed by atoms with E-state index in [4.69, 9.17) is 16.6 Å². The van der Waals surface area contributed by atoms with E-state index in [1.54, 1.807) is 24.3 Å². The minimum Gasteiger partial charge on any atom is -0.356 e. The van der Waals surface area contributed by atoms with E-state index in [1.807, 2.05) is 28.8 Å². The Labute approximate surface area is 200 Å². The summed E-state index contributed by atoms with van der Waals surface area (Å²) in [6.07, 6.45) is 9.45. The molecule has 3 aromatic rings. The third-order valence-electron chi connectivity index (χ3n) is 6.55. The van der Waals surface area contributed by atoms with Crippen molar-refractivity contribution >= 4 is 34.3 Å². The minimum atomic E-state index is 0.0431. The van der Waals surface area contributed by atoms with Gasteiger partial charge in [0, 0.05) is 29.5 Å². The number of carbonyl (C=O) groups excluding carboxylic acids is 2. The number of aromatic nitrogens is 2. The molecular formula is C27H32ClN3O2. The van der Waals surface area contributed by atoms with Crippen molar-refractivity contribution in [2.24, 2.45) is 5.92 Å². The number of Topliss-reactive ketones (excluding diaryl/α,β-unsaturated/α-hetero) is 1. The van der Waals surface area contributed by atoms with Crippen molar-refractivity contribution in [2.75, 3.05) is 6.54 Å². The second-order valence-electron chi connectivity index (χ2n) is 8.97. The maximum absolute atomic E-state index is 12.9. The summed E-state index contributed by atoms with van der Waals surface area (Å²) in [5, 5.41) is 3.74. The second-order valence-corrected chi connectivity index (χ2v) is 9.41. The Balaban J connectivity index is 1.31. The van der Waals surface area contributed by atoms with Crippen LogP contribution in [0, 0.1) is 5.92 Å². The fraction of sp³-hybridized carbons (Fsp3) is 0.444. The molecule has 1 aromatic heterocycles. The van der Waals surface area contributed by atoms with Crippen LogP contribution in [0.3, 0.4) is 0 Å². The van der Waals surface area contributed by atoms with Crippen LogP contribution in [0.5, 0.6) is 0 Å². The molecule has 0 unspecified atom stereocenters. The molecule has 0 aliphatic heterocycles. The number of carbonyl (C=O) groups is 2. The molecule has 0 atom stereocenters. The molecule has 5 nitrogen and oxygen atoms in total. The number of hydrogen-bond acceptors (Lipinski definition) is 3. The number of aryl methyl sites for hydroxylation is 1. The largest absolute Gasteiger partial charge is 0.356 e. The highest BCUT2D eigenvalue weighted by Crippen LogP contribution is 2.23. The Morgan fingerprint density at radius 2 is 1.73 bits per heavy atom. The molecule has 1 N–H and O–H groups in total. The summed E-state index contributed by atoms with van der Waals surface area (Å²) in [6.45, 7) is 0.996. The summed E-state index contributed by atoms with van der Waals surface area (Å²) in [5.41, 5.74) is 2.54. The van der Waals surface area contributed by atoms with Crippen molar-refractivity contribution in [1.29, 1.82) is 0 Å². The van der Waals surface area contributed by atoms with Crippen LogP contribution in [0.2, 0.25) is 5.02 Å². The number of unbranched alkanes of at least 4 members (excludes halogenated alkanes) is 2. The van der Waals surface area contributed by atoms with Crippen LogP contribution in [0.15, 0.2) is 48.5 Å². The predicted molar refractivity (Wildman–Crippen MR) is 133 cm³/mol. The summed E-state index contributed by atoms with van der Waals surface area (Å²) in [6, 6.07) is 15.0. The number of imidazole rings is 1. The number of halogens is 1. The van der Waals surface area contributed by atoms with Gasteiger partial charge in [0.05, 0.1) is 17.6 Å². The molecule has 1 amide bonds. The van der Waals surface area contributed by atoms with Crippen LogP contribution in [0.4, 0.5) is 0 Å². The van der Waals surface area contributed by atoms with Gasteiger partial charge in [-0.2, -0.15) is 0 Å². The second kappa shape index (κ2) is 11.5. The molecule has 1 heterocycles. The molecule has 0 bridgehead atoms. The fourth-order valence-electron chi connectivity index (χ4n) is 4.67. The number of hydrogen-bond donors (Lipinski definition) is 1. The van der Waals surface area contributed by atoms with Gasteiger partial charge < -0.3 is 9.88 Å². The van der Waals surface area contributed by atoms with Crippen LogP contribution in [-0.2, 0) is 17.8 Å². The van der Waals surface area contributed by atoms with Gasteiger partial charge in [0.15, 0.2) is 5.78 Å². The molecule has 1 aliphatic carbocycles. The molecule has 2 aromatic carbocycles. The SMILES string of the molecule is O=C(Cn1c(CCCCCNC(=O)C2CCCCC2)nc2ccccc21)c1ccc(Cl)cc1. The molecule has 0 saturated heterocycles. The maximum Gasteiger partial charge on any atom is 0.223 e. The molecule has 33 heavy (non-hydrogen) atoms. The molecule has 0 spiro atoms. The molecule has 1 aliphatic rings. The zero-order valence-electron chi connectivity index (χ0n) is 19.1. The zero-order chi connectivity index (χ0) is 23.0. The summed E-state index contributed by atoms with van der Waals surface area (Å²) in [4.78, 5) is 30.0. The highest BCUT2D eigenvalue weighted by molar-refractivity contribution is 6.30. The van der Waals surface area contributed by atoms with E-state index in [9.17, 15) is 9.59 Å². The predicted octanol–water partition coefficient (Wildman–Crippen LogP) is 5.98. The average Bonchev–Trinajstić information content (AvgIpc) is 3.19. The zero-order valence-corrected chi connectivity index (χ0v) is 19.8. The van der Waals surface area contributed by atoms with Gasteiger partial charge in [-0.1, -0.05) is 49.4 Å². The Hall–Kier alpha value is -2.66. The first-order valence-corrected chi connectivity index (χ1v) is 12.5. The molecule has 4 rings (SSSR count). The lowest BCUT2D eigenvalue weighted by molar-refractivity contribution is -0.125. The number of ketones is 1. The lowest BCUT2D eigenvalue weighted by Crippen LogP contribution is -2.32. The van der Waals surface area contributed by atoms with Crippen molar-refractivity contribution in [3.8, 4) is 0 Å².